The van der Waals surface area contributed by atoms with Crippen LogP contribution in [0, 0.1) is 5.92 Å². The molecular weight excluding hydrogens is 192 g/mol. The first-order valence-corrected chi connectivity index (χ1v) is 5.79. The lowest BCUT2D eigenvalue weighted by molar-refractivity contribution is -0.146. The fourth-order valence-corrected chi connectivity index (χ4v) is 2.07. The fraction of sp³-hybridized carbons (Fsp3) is 0.818. The highest BCUT2D eigenvalue weighted by Gasteiger charge is 2.36. The molecule has 1 heterocycles. The van der Waals surface area contributed by atoms with E-state index in [-0.39, 0.29) is 24.4 Å². The largest absolute Gasteiger partial charge is 0.345 e. The van der Waals surface area contributed by atoms with Gasteiger partial charge in [0.15, 0.2) is 0 Å². The molecule has 1 N–H and O–H groups in total. The highest BCUT2D eigenvalue weighted by atomic mass is 16.2. The van der Waals surface area contributed by atoms with E-state index in [2.05, 4.69) is 5.32 Å². The van der Waals surface area contributed by atoms with Crippen molar-refractivity contribution in [2.24, 2.45) is 5.92 Å². The minimum absolute atomic E-state index is 0.0251. The molecule has 0 radical (unpaired) electrons. The monoisotopic (exact) mass is 210 g/mol. The van der Waals surface area contributed by atoms with Crippen LogP contribution < -0.4 is 5.32 Å². The Bertz CT molecular complexity index is 274. The van der Waals surface area contributed by atoms with Crippen LogP contribution in [-0.2, 0) is 9.59 Å². The Morgan fingerprint density at radius 2 is 2.13 bits per heavy atom. The molecule has 2 amide bonds. The van der Waals surface area contributed by atoms with Gasteiger partial charge in [-0.25, -0.2) is 0 Å². The summed E-state index contributed by atoms with van der Waals surface area (Å²) in [6, 6.07) is -0.211. The van der Waals surface area contributed by atoms with E-state index in [9.17, 15) is 9.59 Å². The quantitative estimate of drug-likeness (QED) is 0.735. The number of nitrogens with one attached hydrogen (secondary N) is 1. The molecule has 0 aromatic rings. The van der Waals surface area contributed by atoms with Crippen molar-refractivity contribution < 1.29 is 9.59 Å². The molecule has 0 spiro atoms. The first-order valence-electron chi connectivity index (χ1n) is 5.79. The number of carbonyl (C=O) groups is 2. The predicted octanol–water partition coefficient (Wildman–Crippen LogP) is 0.523. The summed E-state index contributed by atoms with van der Waals surface area (Å²) >= 11 is 0. The zero-order chi connectivity index (χ0) is 10.8. The molecule has 1 atom stereocenters. The molecule has 1 saturated carbocycles. The van der Waals surface area contributed by atoms with Gasteiger partial charge in [-0.15, -0.1) is 0 Å². The van der Waals surface area contributed by atoms with Crippen LogP contribution in [-0.4, -0.2) is 35.8 Å². The summed E-state index contributed by atoms with van der Waals surface area (Å²) in [5, 5.41) is 2.66. The number of hydrogen-bond acceptors (Lipinski definition) is 2. The third kappa shape index (κ3) is 2.30. The first kappa shape index (κ1) is 10.5. The average molecular weight is 210 g/mol. The van der Waals surface area contributed by atoms with E-state index in [1.807, 2.05) is 6.92 Å². The molecule has 4 heteroatoms. The minimum atomic E-state index is -0.211. The van der Waals surface area contributed by atoms with Gasteiger partial charge in [0.2, 0.25) is 11.8 Å². The molecule has 0 aromatic carbocycles. The Morgan fingerprint density at radius 3 is 2.73 bits per heavy atom. The topological polar surface area (TPSA) is 49.4 Å². The summed E-state index contributed by atoms with van der Waals surface area (Å²) in [6.45, 7) is 3.02. The fourth-order valence-electron chi connectivity index (χ4n) is 2.07. The number of piperazine rings is 1. The summed E-state index contributed by atoms with van der Waals surface area (Å²) in [6.07, 6.45) is 4.14. The van der Waals surface area contributed by atoms with E-state index in [1.54, 1.807) is 4.90 Å². The molecule has 1 aliphatic heterocycles. The van der Waals surface area contributed by atoms with Crippen LogP contribution in [0.5, 0.6) is 0 Å². The van der Waals surface area contributed by atoms with Crippen molar-refractivity contribution in [3.8, 4) is 0 Å². The maximum Gasteiger partial charge on any atom is 0.243 e. The lowest BCUT2D eigenvalue weighted by Gasteiger charge is -2.35. The van der Waals surface area contributed by atoms with Crippen LogP contribution in [0.15, 0.2) is 0 Å². The van der Waals surface area contributed by atoms with Gasteiger partial charge in [0.1, 0.15) is 6.04 Å². The summed E-state index contributed by atoms with van der Waals surface area (Å²) in [5.41, 5.74) is 0. The first-order chi connectivity index (χ1) is 7.22. The maximum absolute atomic E-state index is 11.7. The van der Waals surface area contributed by atoms with E-state index >= 15 is 0 Å². The molecule has 2 rings (SSSR count). The Hall–Kier alpha value is -1.06. The van der Waals surface area contributed by atoms with E-state index in [1.165, 1.54) is 12.8 Å². The molecule has 4 nitrogen and oxygen atoms in total. The maximum atomic E-state index is 11.7. The SMILES string of the molecule is CCCC1C(=O)NCC(=O)N1CC1CC1. The van der Waals surface area contributed by atoms with Gasteiger partial charge in [-0.05, 0) is 25.2 Å². The Morgan fingerprint density at radius 1 is 1.40 bits per heavy atom. The third-order valence-electron chi connectivity index (χ3n) is 3.13. The third-order valence-corrected chi connectivity index (χ3v) is 3.13. The van der Waals surface area contributed by atoms with Gasteiger partial charge < -0.3 is 10.2 Å². The van der Waals surface area contributed by atoms with Gasteiger partial charge in [0, 0.05) is 6.54 Å². The van der Waals surface area contributed by atoms with Crippen LogP contribution in [0.1, 0.15) is 32.6 Å². The van der Waals surface area contributed by atoms with Gasteiger partial charge in [-0.1, -0.05) is 13.3 Å². The summed E-state index contributed by atoms with van der Waals surface area (Å²) < 4.78 is 0. The summed E-state index contributed by atoms with van der Waals surface area (Å²) in [4.78, 5) is 25.1. The number of amides is 2. The number of hydrogen-bond donors (Lipinski definition) is 1. The van der Waals surface area contributed by atoms with Crippen LogP contribution in [0.25, 0.3) is 0 Å². The van der Waals surface area contributed by atoms with Crippen LogP contribution >= 0.6 is 0 Å². The van der Waals surface area contributed by atoms with Crippen molar-refractivity contribution in [3.63, 3.8) is 0 Å². The van der Waals surface area contributed by atoms with Crippen LogP contribution in [0.4, 0.5) is 0 Å². The molecule has 1 unspecified atom stereocenters. The zero-order valence-corrected chi connectivity index (χ0v) is 9.16. The number of carbonyl (C=O) groups excluding carboxylic acids is 2. The second-order valence-electron chi connectivity index (χ2n) is 4.51. The smallest absolute Gasteiger partial charge is 0.243 e. The lowest BCUT2D eigenvalue weighted by Crippen LogP contribution is -2.58. The molecule has 1 saturated heterocycles. The van der Waals surface area contributed by atoms with Crippen molar-refractivity contribution in [3.05, 3.63) is 0 Å². The van der Waals surface area contributed by atoms with E-state index in [4.69, 9.17) is 0 Å². The van der Waals surface area contributed by atoms with Gasteiger partial charge >= 0.3 is 0 Å². The highest BCUT2D eigenvalue weighted by molar-refractivity contribution is 5.94. The molecule has 0 aromatic heterocycles. The molecule has 1 aliphatic carbocycles. The van der Waals surface area contributed by atoms with Crippen molar-refractivity contribution in [1.29, 1.82) is 0 Å². The molecule has 2 fully saturated rings. The standard InChI is InChI=1S/C11H18N2O2/c1-2-3-9-11(15)12-6-10(14)13(9)7-8-4-5-8/h8-9H,2-7H2,1H3,(H,12,15). The van der Waals surface area contributed by atoms with Crippen molar-refractivity contribution in [2.75, 3.05) is 13.1 Å². The van der Waals surface area contributed by atoms with E-state index < -0.39 is 0 Å². The minimum Gasteiger partial charge on any atom is -0.345 e. The van der Waals surface area contributed by atoms with Crippen molar-refractivity contribution in [1.82, 2.24) is 10.2 Å². The molecular formula is C11H18N2O2. The second-order valence-corrected chi connectivity index (χ2v) is 4.51. The van der Waals surface area contributed by atoms with Gasteiger partial charge in [-0.2, -0.15) is 0 Å². The Kier molecular flexibility index (Phi) is 2.93. The molecule has 2 aliphatic rings. The predicted molar refractivity (Wildman–Crippen MR) is 56.1 cm³/mol. The normalized spacial score (nSPS) is 26.7. The molecule has 84 valence electrons. The van der Waals surface area contributed by atoms with E-state index in [0.717, 1.165) is 19.4 Å². The summed E-state index contributed by atoms with van der Waals surface area (Å²) in [5.74, 6) is 0.760. The second kappa shape index (κ2) is 4.21. The van der Waals surface area contributed by atoms with Crippen molar-refractivity contribution >= 4 is 11.8 Å². The van der Waals surface area contributed by atoms with Crippen LogP contribution in [0.2, 0.25) is 0 Å². The lowest BCUT2D eigenvalue weighted by atomic mass is 10.1. The van der Waals surface area contributed by atoms with E-state index in [0.29, 0.717) is 5.92 Å². The van der Waals surface area contributed by atoms with Crippen LogP contribution in [0.3, 0.4) is 0 Å². The highest BCUT2D eigenvalue weighted by Crippen LogP contribution is 2.31. The summed E-state index contributed by atoms with van der Waals surface area (Å²) in [7, 11) is 0. The Labute approximate surface area is 90.0 Å². The van der Waals surface area contributed by atoms with Gasteiger partial charge in [0.05, 0.1) is 6.54 Å². The Balaban J connectivity index is 2.03. The van der Waals surface area contributed by atoms with Gasteiger partial charge in [0.25, 0.3) is 0 Å². The van der Waals surface area contributed by atoms with Crippen molar-refractivity contribution in [2.45, 2.75) is 38.6 Å². The number of rotatable bonds is 4. The molecule has 15 heavy (non-hydrogen) atoms. The number of nitrogens with zero attached hydrogens (tertiary/aromatic N) is 1. The average Bonchev–Trinajstić information content (AvgIpc) is 3.01. The molecule has 0 bridgehead atoms. The zero-order valence-electron chi connectivity index (χ0n) is 9.16. The van der Waals surface area contributed by atoms with Gasteiger partial charge in [-0.3, -0.25) is 9.59 Å².